The molecule has 0 bridgehead atoms. The molecule has 2 aromatic rings. The van der Waals surface area contributed by atoms with E-state index in [0.29, 0.717) is 45.0 Å². The Kier molecular flexibility index (Phi) is 6.15. The van der Waals surface area contributed by atoms with Crippen LogP contribution in [0.1, 0.15) is 10.4 Å². The number of amides is 1. The summed E-state index contributed by atoms with van der Waals surface area (Å²) in [5.74, 6) is -1.66. The summed E-state index contributed by atoms with van der Waals surface area (Å²) in [6.45, 7) is 3.33. The molecular weight excluding hydrogens is 370 g/mol. The Bertz CT molecular complexity index is 870. The number of carbonyl (C=O) groups excluding carboxylic acids is 1. The maximum atomic E-state index is 13.6. The molecule has 1 heterocycles. The van der Waals surface area contributed by atoms with Crippen molar-refractivity contribution in [2.75, 3.05) is 44.2 Å². The predicted molar refractivity (Wildman–Crippen MR) is 100 cm³/mol. The molecule has 3 rings (SSSR count). The second-order valence-corrected chi connectivity index (χ2v) is 6.45. The van der Waals surface area contributed by atoms with E-state index in [1.807, 2.05) is 4.90 Å². The molecule has 0 unspecified atom stereocenters. The van der Waals surface area contributed by atoms with Crippen LogP contribution in [0.25, 0.3) is 0 Å². The van der Waals surface area contributed by atoms with Gasteiger partial charge in [0.2, 0.25) is 0 Å². The molecule has 28 heavy (non-hydrogen) atoms. The minimum Gasteiger partial charge on any atom is -0.363 e. The van der Waals surface area contributed by atoms with Crippen LogP contribution in [0.15, 0.2) is 42.5 Å². The summed E-state index contributed by atoms with van der Waals surface area (Å²) < 4.78 is 26.9. The Balaban J connectivity index is 1.49. The van der Waals surface area contributed by atoms with Crippen LogP contribution in [0.3, 0.4) is 0 Å². The average Bonchev–Trinajstić information content (AvgIpc) is 2.69. The Hall–Kier alpha value is -3.07. The molecule has 1 N–H and O–H groups in total. The first-order valence-corrected chi connectivity index (χ1v) is 8.89. The van der Waals surface area contributed by atoms with Crippen molar-refractivity contribution < 1.29 is 18.5 Å². The molecular formula is C19H20F2N4O3. The van der Waals surface area contributed by atoms with Crippen molar-refractivity contribution in [3.63, 3.8) is 0 Å². The molecule has 1 amide bonds. The van der Waals surface area contributed by atoms with Gasteiger partial charge in [0.05, 0.1) is 16.6 Å². The number of rotatable bonds is 6. The fraction of sp³-hybridized carbons (Fsp3) is 0.316. The molecule has 0 aromatic heterocycles. The fourth-order valence-corrected chi connectivity index (χ4v) is 3.19. The van der Waals surface area contributed by atoms with Crippen LogP contribution in [-0.2, 0) is 0 Å². The third-order valence-electron chi connectivity index (χ3n) is 4.68. The standard InChI is InChI=1S/C19H20F2N4O3/c20-14-5-6-17(18(13-14)25(27)28)24-11-9-23(10-12-24)8-7-22-19(26)15-3-1-2-4-16(15)21/h1-6,13H,7-12H2,(H,22,26). The summed E-state index contributed by atoms with van der Waals surface area (Å²) >= 11 is 0. The van der Waals surface area contributed by atoms with Crippen molar-refractivity contribution in [2.24, 2.45) is 0 Å². The smallest absolute Gasteiger partial charge is 0.295 e. The maximum Gasteiger partial charge on any atom is 0.295 e. The van der Waals surface area contributed by atoms with Crippen molar-refractivity contribution in [3.05, 3.63) is 69.8 Å². The van der Waals surface area contributed by atoms with E-state index in [-0.39, 0.29) is 11.3 Å². The number of nitro groups is 1. The van der Waals surface area contributed by atoms with Crippen LogP contribution in [0, 0.1) is 21.7 Å². The van der Waals surface area contributed by atoms with Crippen molar-refractivity contribution >= 4 is 17.3 Å². The quantitative estimate of drug-likeness (QED) is 0.605. The van der Waals surface area contributed by atoms with Gasteiger partial charge in [-0.1, -0.05) is 12.1 Å². The number of nitrogens with zero attached hydrogens (tertiary/aromatic N) is 3. The van der Waals surface area contributed by atoms with Gasteiger partial charge in [-0.25, -0.2) is 8.78 Å². The van der Waals surface area contributed by atoms with Crippen molar-refractivity contribution in [3.8, 4) is 0 Å². The molecule has 1 saturated heterocycles. The summed E-state index contributed by atoms with van der Waals surface area (Å²) in [5.41, 5.74) is 0.167. The molecule has 7 nitrogen and oxygen atoms in total. The third-order valence-corrected chi connectivity index (χ3v) is 4.68. The minimum absolute atomic E-state index is 0.0101. The topological polar surface area (TPSA) is 78.7 Å². The first-order chi connectivity index (χ1) is 13.5. The highest BCUT2D eigenvalue weighted by atomic mass is 19.1. The molecule has 9 heteroatoms. The zero-order valence-corrected chi connectivity index (χ0v) is 15.1. The molecule has 0 spiro atoms. The van der Waals surface area contributed by atoms with Gasteiger partial charge in [-0.05, 0) is 24.3 Å². The zero-order valence-electron chi connectivity index (χ0n) is 15.1. The lowest BCUT2D eigenvalue weighted by molar-refractivity contribution is -0.384. The van der Waals surface area contributed by atoms with E-state index in [0.717, 1.165) is 6.07 Å². The molecule has 2 aromatic carbocycles. The van der Waals surface area contributed by atoms with Crippen LogP contribution in [0.5, 0.6) is 0 Å². The fourth-order valence-electron chi connectivity index (χ4n) is 3.19. The number of anilines is 1. The normalized spacial score (nSPS) is 14.7. The first kappa shape index (κ1) is 19.7. The minimum atomic E-state index is -0.639. The van der Waals surface area contributed by atoms with E-state index >= 15 is 0 Å². The average molecular weight is 390 g/mol. The van der Waals surface area contributed by atoms with Gasteiger partial charge >= 0.3 is 0 Å². The SMILES string of the molecule is O=C(NCCN1CCN(c2ccc(F)cc2[N+](=O)[O-])CC1)c1ccccc1F. The second-order valence-electron chi connectivity index (χ2n) is 6.45. The van der Waals surface area contributed by atoms with Gasteiger partial charge in [-0.3, -0.25) is 19.8 Å². The molecule has 0 radical (unpaired) electrons. The highest BCUT2D eigenvalue weighted by Gasteiger charge is 2.24. The number of hydrogen-bond acceptors (Lipinski definition) is 5. The lowest BCUT2D eigenvalue weighted by Gasteiger charge is -2.35. The molecule has 1 aliphatic rings. The number of carbonyl (C=O) groups is 1. The number of nitrogens with one attached hydrogen (secondary N) is 1. The van der Waals surface area contributed by atoms with Gasteiger partial charge in [0.1, 0.15) is 17.3 Å². The van der Waals surface area contributed by atoms with Gasteiger partial charge in [-0.2, -0.15) is 0 Å². The van der Waals surface area contributed by atoms with Crippen LogP contribution in [0.2, 0.25) is 0 Å². The van der Waals surface area contributed by atoms with E-state index in [2.05, 4.69) is 10.2 Å². The van der Waals surface area contributed by atoms with Gasteiger partial charge in [0.15, 0.2) is 0 Å². The Morgan fingerprint density at radius 1 is 1.11 bits per heavy atom. The molecule has 0 atom stereocenters. The molecule has 0 saturated carbocycles. The molecule has 0 aliphatic carbocycles. The summed E-state index contributed by atoms with van der Waals surface area (Å²) in [6, 6.07) is 9.37. The van der Waals surface area contributed by atoms with E-state index in [9.17, 15) is 23.7 Å². The highest BCUT2D eigenvalue weighted by Crippen LogP contribution is 2.29. The maximum absolute atomic E-state index is 13.6. The van der Waals surface area contributed by atoms with Gasteiger partial charge in [0, 0.05) is 39.3 Å². The van der Waals surface area contributed by atoms with E-state index in [1.54, 1.807) is 6.07 Å². The molecule has 1 fully saturated rings. The zero-order chi connectivity index (χ0) is 20.1. The van der Waals surface area contributed by atoms with Crippen LogP contribution >= 0.6 is 0 Å². The van der Waals surface area contributed by atoms with Crippen LogP contribution in [-0.4, -0.2) is 55.0 Å². The van der Waals surface area contributed by atoms with E-state index in [4.69, 9.17) is 0 Å². The Labute approximate surface area is 160 Å². The van der Waals surface area contributed by atoms with E-state index < -0.39 is 22.5 Å². The molecule has 1 aliphatic heterocycles. The highest BCUT2D eigenvalue weighted by molar-refractivity contribution is 5.94. The number of hydrogen-bond donors (Lipinski definition) is 1. The Morgan fingerprint density at radius 2 is 1.82 bits per heavy atom. The number of piperazine rings is 1. The number of benzene rings is 2. The summed E-state index contributed by atoms with van der Waals surface area (Å²) in [6.07, 6.45) is 0. The summed E-state index contributed by atoms with van der Waals surface area (Å²) in [7, 11) is 0. The lowest BCUT2D eigenvalue weighted by atomic mass is 10.2. The monoisotopic (exact) mass is 390 g/mol. The third kappa shape index (κ3) is 4.61. The summed E-state index contributed by atoms with van der Waals surface area (Å²) in [5, 5.41) is 13.9. The largest absolute Gasteiger partial charge is 0.363 e. The summed E-state index contributed by atoms with van der Waals surface area (Å²) in [4.78, 5) is 26.5. The van der Waals surface area contributed by atoms with Crippen molar-refractivity contribution in [1.29, 1.82) is 0 Å². The number of halogens is 2. The number of nitro benzene ring substituents is 1. The first-order valence-electron chi connectivity index (χ1n) is 8.89. The van der Waals surface area contributed by atoms with Crippen molar-refractivity contribution in [2.45, 2.75) is 0 Å². The lowest BCUT2D eigenvalue weighted by Crippen LogP contribution is -2.48. The van der Waals surface area contributed by atoms with Gasteiger partial charge in [-0.15, -0.1) is 0 Å². The van der Waals surface area contributed by atoms with E-state index in [1.165, 1.54) is 30.3 Å². The molecule has 148 valence electrons. The van der Waals surface area contributed by atoms with Crippen LogP contribution < -0.4 is 10.2 Å². The second kappa shape index (κ2) is 8.75. The van der Waals surface area contributed by atoms with Crippen molar-refractivity contribution in [1.82, 2.24) is 10.2 Å². The predicted octanol–water partition coefficient (Wildman–Crippen LogP) is 2.42. The van der Waals surface area contributed by atoms with Gasteiger partial charge < -0.3 is 10.2 Å². The Morgan fingerprint density at radius 3 is 2.50 bits per heavy atom. The van der Waals surface area contributed by atoms with Gasteiger partial charge in [0.25, 0.3) is 11.6 Å². The van der Waals surface area contributed by atoms with Crippen LogP contribution in [0.4, 0.5) is 20.2 Å².